The monoisotopic (exact) mass is 624 g/mol. The van der Waals surface area contributed by atoms with Crippen LogP contribution in [-0.4, -0.2) is 33.3 Å². The first-order valence-electron chi connectivity index (χ1n) is 14.8. The van der Waals surface area contributed by atoms with Gasteiger partial charge >= 0.3 is 12.1 Å². The molecule has 1 fully saturated rings. The minimum atomic E-state index is -4.64. The van der Waals surface area contributed by atoms with E-state index in [1.54, 1.807) is 57.2 Å². The lowest BCUT2D eigenvalue weighted by Crippen LogP contribution is -2.34. The molecule has 0 unspecified atom stereocenters. The van der Waals surface area contributed by atoms with Crippen molar-refractivity contribution in [3.8, 4) is 5.88 Å². The number of hydrogen-bond donors (Lipinski definition) is 2. The number of rotatable bonds is 9. The summed E-state index contributed by atoms with van der Waals surface area (Å²) in [7, 11) is 0. The first kappa shape index (κ1) is 32.1. The number of aromatic nitrogens is 1. The zero-order chi connectivity index (χ0) is 32.7. The number of nitrogens with zero attached hydrogens (tertiary/aromatic N) is 1. The van der Waals surface area contributed by atoms with Gasteiger partial charge in [0.25, 0.3) is 0 Å². The first-order chi connectivity index (χ1) is 21.1. The number of halogens is 4. The second-order valence-electron chi connectivity index (χ2n) is 13.0. The van der Waals surface area contributed by atoms with Crippen LogP contribution in [0.1, 0.15) is 63.1 Å². The van der Waals surface area contributed by atoms with Crippen LogP contribution in [0.4, 0.5) is 23.2 Å². The maximum Gasteiger partial charge on any atom is 0.392 e. The summed E-state index contributed by atoms with van der Waals surface area (Å²) in [6.07, 6.45) is -1.42. The Morgan fingerprint density at radius 2 is 1.64 bits per heavy atom. The molecule has 45 heavy (non-hydrogen) atoms. The Hall–Kier alpha value is -4.34. The third-order valence-electron chi connectivity index (χ3n) is 8.26. The molecule has 10 heteroatoms. The van der Waals surface area contributed by atoms with Crippen LogP contribution in [0.25, 0.3) is 10.8 Å². The van der Waals surface area contributed by atoms with Gasteiger partial charge in [0.05, 0.1) is 23.8 Å². The molecular formula is C35H36F4N2O4. The number of alkyl halides is 3. The smallest absolute Gasteiger partial charge is 0.392 e. The van der Waals surface area contributed by atoms with Gasteiger partial charge in [0.1, 0.15) is 11.4 Å². The number of ether oxygens (including phenoxy) is 1. The van der Waals surface area contributed by atoms with Gasteiger partial charge in [-0.05, 0) is 81.0 Å². The Morgan fingerprint density at radius 3 is 2.24 bits per heavy atom. The molecule has 1 heterocycles. The van der Waals surface area contributed by atoms with E-state index in [1.807, 2.05) is 6.07 Å². The van der Waals surface area contributed by atoms with Crippen molar-refractivity contribution in [1.29, 1.82) is 0 Å². The first-order valence-corrected chi connectivity index (χ1v) is 14.8. The molecule has 2 N–H and O–H groups in total. The van der Waals surface area contributed by atoms with Crippen LogP contribution in [0.3, 0.4) is 0 Å². The maximum absolute atomic E-state index is 14.2. The molecule has 2 atom stereocenters. The summed E-state index contributed by atoms with van der Waals surface area (Å²) in [6.45, 7) is 6.54. The van der Waals surface area contributed by atoms with E-state index in [2.05, 4.69) is 5.32 Å². The molecule has 0 radical (unpaired) electrons. The SMILES string of the molecule is C[C@@H]([C@@H](C(=O)Nc1cccc(CC2(C(=O)OC(C)(C)C)CC2)c1)c1ccc(Cn2cc3c(F)cccc3c2O)cc1)C(F)(F)F. The molecule has 5 rings (SSSR count). The molecule has 1 aromatic heterocycles. The van der Waals surface area contributed by atoms with Crippen molar-refractivity contribution in [2.24, 2.45) is 11.3 Å². The number of carbonyl (C=O) groups is 2. The Labute approximate surface area is 259 Å². The second-order valence-corrected chi connectivity index (χ2v) is 13.0. The Bertz CT molecular complexity index is 1720. The normalized spacial score (nSPS) is 15.8. The van der Waals surface area contributed by atoms with Gasteiger partial charge in [0.2, 0.25) is 5.91 Å². The molecule has 1 amide bonds. The molecule has 0 saturated heterocycles. The van der Waals surface area contributed by atoms with E-state index >= 15 is 0 Å². The number of aromatic hydroxyl groups is 1. The maximum atomic E-state index is 14.2. The van der Waals surface area contributed by atoms with Crippen molar-refractivity contribution in [3.05, 3.63) is 95.4 Å². The standard InChI is InChI=1S/C35H36F4N2O4/c1-21(35(37,38)39)29(24-13-11-22(12-14-24)19-41-20-27-26(31(41)43)9-6-10-28(27)36)30(42)40-25-8-5-7-23(17-25)18-34(15-16-34)32(44)45-33(2,3)4/h5-14,17,20-21,29,43H,15-16,18-19H2,1-4H3,(H,40,42)/t21-,29+/m0/s1. The van der Waals surface area contributed by atoms with Gasteiger partial charge in [-0.1, -0.05) is 49.4 Å². The van der Waals surface area contributed by atoms with Crippen LogP contribution in [-0.2, 0) is 27.3 Å². The second kappa shape index (κ2) is 11.9. The summed E-state index contributed by atoms with van der Waals surface area (Å²) < 4.78 is 63.2. The highest BCUT2D eigenvalue weighted by Gasteiger charge is 2.52. The zero-order valence-electron chi connectivity index (χ0n) is 25.5. The van der Waals surface area contributed by atoms with Crippen LogP contribution in [0, 0.1) is 17.2 Å². The van der Waals surface area contributed by atoms with Crippen molar-refractivity contribution in [2.75, 3.05) is 5.32 Å². The van der Waals surface area contributed by atoms with E-state index in [0.29, 0.717) is 35.9 Å². The Kier molecular flexibility index (Phi) is 8.46. The van der Waals surface area contributed by atoms with Crippen LogP contribution in [0.2, 0.25) is 0 Å². The highest BCUT2D eigenvalue weighted by Crippen LogP contribution is 2.50. The van der Waals surface area contributed by atoms with E-state index in [0.717, 1.165) is 12.5 Å². The minimum Gasteiger partial charge on any atom is -0.494 e. The number of benzene rings is 3. The molecule has 4 aromatic rings. The third kappa shape index (κ3) is 7.16. The van der Waals surface area contributed by atoms with Crippen molar-refractivity contribution in [3.63, 3.8) is 0 Å². The molecule has 6 nitrogen and oxygen atoms in total. The summed E-state index contributed by atoms with van der Waals surface area (Å²) in [5, 5.41) is 13.8. The third-order valence-corrected chi connectivity index (χ3v) is 8.26. The summed E-state index contributed by atoms with van der Waals surface area (Å²) in [6, 6.07) is 17.3. The summed E-state index contributed by atoms with van der Waals surface area (Å²) in [4.78, 5) is 26.3. The molecule has 0 bridgehead atoms. The van der Waals surface area contributed by atoms with Crippen LogP contribution in [0.15, 0.2) is 72.9 Å². The zero-order valence-corrected chi connectivity index (χ0v) is 25.5. The predicted octanol–water partition coefficient (Wildman–Crippen LogP) is 8.12. The van der Waals surface area contributed by atoms with E-state index in [1.165, 1.54) is 35.0 Å². The average molecular weight is 625 g/mol. The molecule has 1 aliphatic carbocycles. The number of carbonyl (C=O) groups excluding carboxylic acids is 2. The molecule has 1 saturated carbocycles. The number of nitrogens with one attached hydrogen (secondary N) is 1. The average Bonchev–Trinajstić information content (AvgIpc) is 3.66. The number of esters is 1. The van der Waals surface area contributed by atoms with E-state index in [9.17, 15) is 32.3 Å². The number of hydrogen-bond acceptors (Lipinski definition) is 4. The van der Waals surface area contributed by atoms with E-state index < -0.39 is 40.8 Å². The number of fused-ring (bicyclic) bond motifs is 1. The van der Waals surface area contributed by atoms with Crippen molar-refractivity contribution in [1.82, 2.24) is 4.57 Å². The highest BCUT2D eigenvalue weighted by atomic mass is 19.4. The fourth-order valence-electron chi connectivity index (χ4n) is 5.60. The van der Waals surface area contributed by atoms with Crippen LogP contribution >= 0.6 is 0 Å². The molecule has 0 spiro atoms. The Balaban J connectivity index is 1.34. The number of anilines is 1. The fraction of sp³-hybridized carbons (Fsp3) is 0.371. The lowest BCUT2D eigenvalue weighted by molar-refractivity contribution is -0.178. The van der Waals surface area contributed by atoms with Crippen molar-refractivity contribution < 1.29 is 37.0 Å². The van der Waals surface area contributed by atoms with Gasteiger partial charge in [0.15, 0.2) is 5.88 Å². The van der Waals surface area contributed by atoms with E-state index in [-0.39, 0.29) is 29.3 Å². The van der Waals surface area contributed by atoms with Gasteiger partial charge in [-0.15, -0.1) is 0 Å². The van der Waals surface area contributed by atoms with Crippen molar-refractivity contribution in [2.45, 2.75) is 71.2 Å². The fourth-order valence-corrected chi connectivity index (χ4v) is 5.60. The molecule has 0 aliphatic heterocycles. The van der Waals surface area contributed by atoms with Gasteiger partial charge < -0.3 is 19.7 Å². The van der Waals surface area contributed by atoms with Gasteiger partial charge in [-0.25, -0.2) is 4.39 Å². The predicted molar refractivity (Wildman–Crippen MR) is 163 cm³/mol. The van der Waals surface area contributed by atoms with Gasteiger partial charge in [0, 0.05) is 22.7 Å². The Morgan fingerprint density at radius 1 is 0.978 bits per heavy atom. The van der Waals surface area contributed by atoms with Crippen molar-refractivity contribution >= 4 is 28.3 Å². The topological polar surface area (TPSA) is 80.6 Å². The quantitative estimate of drug-likeness (QED) is 0.146. The molecular weight excluding hydrogens is 588 g/mol. The van der Waals surface area contributed by atoms with E-state index in [4.69, 9.17) is 4.74 Å². The van der Waals surface area contributed by atoms with Gasteiger partial charge in [-0.2, -0.15) is 13.2 Å². The highest BCUT2D eigenvalue weighted by molar-refractivity contribution is 5.96. The summed E-state index contributed by atoms with van der Waals surface area (Å²) in [5.41, 5.74) is 0.650. The minimum absolute atomic E-state index is 0.127. The molecule has 3 aromatic carbocycles. The molecule has 238 valence electrons. The summed E-state index contributed by atoms with van der Waals surface area (Å²) in [5.74, 6) is -5.24. The lowest BCUT2D eigenvalue weighted by Gasteiger charge is -2.26. The lowest BCUT2D eigenvalue weighted by atomic mass is 9.85. The molecule has 1 aliphatic rings. The van der Waals surface area contributed by atoms with Crippen LogP contribution < -0.4 is 5.32 Å². The largest absolute Gasteiger partial charge is 0.494 e. The van der Waals surface area contributed by atoms with Crippen LogP contribution in [0.5, 0.6) is 5.88 Å². The number of amides is 1. The summed E-state index contributed by atoms with van der Waals surface area (Å²) >= 11 is 0. The van der Waals surface area contributed by atoms with Gasteiger partial charge in [-0.3, -0.25) is 9.59 Å².